The molecule has 8 heteroatoms. The molecule has 1 fully saturated rings. The van der Waals surface area contributed by atoms with Crippen molar-refractivity contribution in [1.82, 2.24) is 9.88 Å². The van der Waals surface area contributed by atoms with Gasteiger partial charge in [-0.25, -0.2) is 0 Å². The van der Waals surface area contributed by atoms with Gasteiger partial charge >= 0.3 is 6.18 Å². The summed E-state index contributed by atoms with van der Waals surface area (Å²) < 4.78 is 45.2. The molecule has 1 aromatic heterocycles. The normalized spacial score (nSPS) is 21.7. The fourth-order valence-electron chi connectivity index (χ4n) is 4.28. The van der Waals surface area contributed by atoms with Crippen LogP contribution in [0.5, 0.6) is 5.75 Å². The minimum absolute atomic E-state index is 0.00405. The second-order valence-electron chi connectivity index (χ2n) is 7.65. The van der Waals surface area contributed by atoms with Gasteiger partial charge in [0, 0.05) is 25.0 Å². The maximum Gasteiger partial charge on any atom is 0.417 e. The molecule has 5 nitrogen and oxygen atoms in total. The SMILES string of the molecule is N#Cc1ccc(OC2CCC(N3CCc4ccncc4C3=O)CC2)cc1C(F)(F)F. The van der Waals surface area contributed by atoms with Crippen molar-refractivity contribution in [1.29, 1.82) is 5.26 Å². The third-order valence-corrected chi connectivity index (χ3v) is 5.83. The molecule has 0 bridgehead atoms. The standard InChI is InChI=1S/C22H20F3N3O2/c23-22(24,25)20-11-18(4-1-15(20)12-26)30-17-5-2-16(3-6-17)28-10-8-14-7-9-27-13-19(14)21(28)29/h1,4,7,9,11,13,16-17H,2-3,5-6,8,10H2. The van der Waals surface area contributed by atoms with Crippen LogP contribution in [0.15, 0.2) is 36.7 Å². The molecule has 1 aromatic carbocycles. The topological polar surface area (TPSA) is 66.2 Å². The zero-order chi connectivity index (χ0) is 21.3. The average Bonchev–Trinajstić information content (AvgIpc) is 2.74. The van der Waals surface area contributed by atoms with Crippen LogP contribution in [-0.4, -0.2) is 34.5 Å². The molecule has 156 valence electrons. The Kier molecular flexibility index (Phi) is 5.37. The maximum atomic E-state index is 13.1. The van der Waals surface area contributed by atoms with Crippen molar-refractivity contribution >= 4 is 5.91 Å². The van der Waals surface area contributed by atoms with E-state index in [9.17, 15) is 18.0 Å². The lowest BCUT2D eigenvalue weighted by atomic mass is 9.89. The minimum atomic E-state index is -4.61. The number of pyridine rings is 1. The largest absolute Gasteiger partial charge is 0.490 e. The number of carbonyl (C=O) groups excluding carboxylic acids is 1. The number of nitrogens with zero attached hydrogens (tertiary/aromatic N) is 3. The molecule has 1 aliphatic carbocycles. The van der Waals surface area contributed by atoms with Crippen molar-refractivity contribution < 1.29 is 22.7 Å². The Morgan fingerprint density at radius 1 is 1.17 bits per heavy atom. The Hall–Kier alpha value is -3.08. The van der Waals surface area contributed by atoms with E-state index in [1.165, 1.54) is 6.07 Å². The summed E-state index contributed by atoms with van der Waals surface area (Å²) in [6, 6.07) is 6.97. The highest BCUT2D eigenvalue weighted by Crippen LogP contribution is 2.35. The smallest absolute Gasteiger partial charge is 0.417 e. The fraction of sp³-hybridized carbons (Fsp3) is 0.409. The molecular weight excluding hydrogens is 395 g/mol. The summed E-state index contributed by atoms with van der Waals surface area (Å²) in [5.74, 6) is 0.106. The first-order chi connectivity index (χ1) is 14.4. The van der Waals surface area contributed by atoms with E-state index in [-0.39, 0.29) is 23.8 Å². The van der Waals surface area contributed by atoms with E-state index in [1.54, 1.807) is 18.5 Å². The van der Waals surface area contributed by atoms with Crippen LogP contribution in [0.2, 0.25) is 0 Å². The van der Waals surface area contributed by atoms with Gasteiger partial charge in [0.15, 0.2) is 0 Å². The van der Waals surface area contributed by atoms with Crippen LogP contribution in [0.25, 0.3) is 0 Å². The van der Waals surface area contributed by atoms with E-state index in [2.05, 4.69) is 4.98 Å². The van der Waals surface area contributed by atoms with Crippen LogP contribution in [0.3, 0.4) is 0 Å². The van der Waals surface area contributed by atoms with Crippen LogP contribution < -0.4 is 4.74 Å². The number of halogens is 3. The van der Waals surface area contributed by atoms with E-state index >= 15 is 0 Å². The van der Waals surface area contributed by atoms with Crippen LogP contribution in [-0.2, 0) is 12.6 Å². The highest BCUT2D eigenvalue weighted by molar-refractivity contribution is 5.96. The van der Waals surface area contributed by atoms with Gasteiger partial charge in [-0.15, -0.1) is 0 Å². The molecule has 30 heavy (non-hydrogen) atoms. The summed E-state index contributed by atoms with van der Waals surface area (Å²) in [6.45, 7) is 0.663. The Morgan fingerprint density at radius 2 is 1.93 bits per heavy atom. The average molecular weight is 415 g/mol. The molecule has 2 aliphatic rings. The molecule has 0 radical (unpaired) electrons. The number of aromatic nitrogens is 1. The molecule has 2 aromatic rings. The summed E-state index contributed by atoms with van der Waals surface area (Å²) >= 11 is 0. The molecule has 1 saturated carbocycles. The van der Waals surface area contributed by atoms with E-state index in [4.69, 9.17) is 10.00 Å². The van der Waals surface area contributed by atoms with Gasteiger partial charge in [0.25, 0.3) is 5.91 Å². The van der Waals surface area contributed by atoms with Crippen molar-refractivity contribution in [3.63, 3.8) is 0 Å². The lowest BCUT2D eigenvalue weighted by Gasteiger charge is -2.39. The quantitative estimate of drug-likeness (QED) is 0.747. The number of rotatable bonds is 3. The molecule has 1 amide bonds. The number of fused-ring (bicyclic) bond motifs is 1. The summed E-state index contributed by atoms with van der Waals surface area (Å²) in [6.07, 6.45) is 2.03. The molecule has 0 unspecified atom stereocenters. The number of benzene rings is 1. The van der Waals surface area contributed by atoms with E-state index in [0.717, 1.165) is 37.0 Å². The number of nitriles is 1. The predicted molar refractivity (Wildman–Crippen MR) is 102 cm³/mol. The van der Waals surface area contributed by atoms with Gasteiger partial charge in [-0.05, 0) is 61.9 Å². The zero-order valence-electron chi connectivity index (χ0n) is 16.2. The van der Waals surface area contributed by atoms with Gasteiger partial charge in [-0.1, -0.05) is 0 Å². The van der Waals surface area contributed by atoms with Crippen LogP contribution >= 0.6 is 0 Å². The summed E-state index contributed by atoms with van der Waals surface area (Å²) in [5, 5.41) is 8.90. The van der Waals surface area contributed by atoms with Crippen molar-refractivity contribution in [2.45, 2.75) is 50.4 Å². The highest BCUT2D eigenvalue weighted by Gasteiger charge is 2.35. The second kappa shape index (κ2) is 7.98. The first kappa shape index (κ1) is 20.2. The highest BCUT2D eigenvalue weighted by atomic mass is 19.4. The van der Waals surface area contributed by atoms with Crippen LogP contribution in [0.4, 0.5) is 13.2 Å². The number of hydrogen-bond acceptors (Lipinski definition) is 4. The molecular formula is C22H20F3N3O2. The van der Waals surface area contributed by atoms with Crippen molar-refractivity contribution in [3.05, 3.63) is 58.9 Å². The van der Waals surface area contributed by atoms with Gasteiger partial charge in [-0.2, -0.15) is 18.4 Å². The molecule has 0 N–H and O–H groups in total. The fourth-order valence-corrected chi connectivity index (χ4v) is 4.28. The van der Waals surface area contributed by atoms with Crippen molar-refractivity contribution in [3.8, 4) is 11.8 Å². The Labute approximate surface area is 172 Å². The Bertz CT molecular complexity index is 992. The van der Waals surface area contributed by atoms with Gasteiger partial charge in [0.1, 0.15) is 5.75 Å². The second-order valence-corrected chi connectivity index (χ2v) is 7.65. The minimum Gasteiger partial charge on any atom is -0.490 e. The number of alkyl halides is 3. The van der Waals surface area contributed by atoms with Gasteiger partial charge in [0.05, 0.1) is 28.9 Å². The monoisotopic (exact) mass is 415 g/mol. The van der Waals surface area contributed by atoms with E-state index < -0.39 is 17.3 Å². The lowest BCUT2D eigenvalue weighted by Crippen LogP contribution is -2.47. The Morgan fingerprint density at radius 3 is 2.63 bits per heavy atom. The molecule has 0 saturated heterocycles. The number of amides is 1. The van der Waals surface area contributed by atoms with Gasteiger partial charge in [0.2, 0.25) is 0 Å². The van der Waals surface area contributed by atoms with Crippen LogP contribution in [0.1, 0.15) is 52.7 Å². The molecule has 1 aliphatic heterocycles. The third kappa shape index (κ3) is 3.97. The predicted octanol–water partition coefficient (Wildman–Crippen LogP) is 4.36. The summed E-state index contributed by atoms with van der Waals surface area (Å²) in [7, 11) is 0. The molecule has 0 spiro atoms. The first-order valence-corrected chi connectivity index (χ1v) is 9.88. The summed E-state index contributed by atoms with van der Waals surface area (Å²) in [4.78, 5) is 18.8. The number of carbonyl (C=O) groups is 1. The van der Waals surface area contributed by atoms with Gasteiger partial charge < -0.3 is 9.64 Å². The molecule has 2 heterocycles. The van der Waals surface area contributed by atoms with E-state index in [1.807, 2.05) is 11.0 Å². The zero-order valence-corrected chi connectivity index (χ0v) is 16.2. The summed E-state index contributed by atoms with van der Waals surface area (Å²) in [5.41, 5.74) is 0.267. The van der Waals surface area contributed by atoms with Gasteiger partial charge in [-0.3, -0.25) is 9.78 Å². The number of ether oxygens (including phenoxy) is 1. The third-order valence-electron chi connectivity index (χ3n) is 5.83. The number of hydrogen-bond donors (Lipinski definition) is 0. The molecule has 4 rings (SSSR count). The van der Waals surface area contributed by atoms with Crippen LogP contribution in [0, 0.1) is 11.3 Å². The molecule has 0 atom stereocenters. The first-order valence-electron chi connectivity index (χ1n) is 9.88. The van der Waals surface area contributed by atoms with E-state index in [0.29, 0.717) is 24.9 Å². The van der Waals surface area contributed by atoms with Crippen molar-refractivity contribution in [2.75, 3.05) is 6.54 Å². The van der Waals surface area contributed by atoms with Crippen molar-refractivity contribution in [2.24, 2.45) is 0 Å². The Balaban J connectivity index is 1.39. The lowest BCUT2D eigenvalue weighted by molar-refractivity contribution is -0.137. The maximum absolute atomic E-state index is 13.1.